The molecule has 1 aromatic rings. The van der Waals surface area contributed by atoms with Crippen LogP contribution in [0.1, 0.15) is 31.2 Å². The number of benzene rings is 1. The van der Waals surface area contributed by atoms with E-state index in [1.165, 1.54) is 0 Å². The second-order valence-corrected chi connectivity index (χ2v) is 5.62. The Labute approximate surface area is 124 Å². The monoisotopic (exact) mass is 290 g/mol. The Morgan fingerprint density at radius 2 is 2.00 bits per heavy atom. The van der Waals surface area contributed by atoms with Crippen LogP contribution in [0.25, 0.3) is 0 Å². The van der Waals surface area contributed by atoms with Gasteiger partial charge < -0.3 is 16.2 Å². The zero-order chi connectivity index (χ0) is 15.2. The lowest BCUT2D eigenvalue weighted by Gasteiger charge is -2.19. The molecule has 0 spiro atoms. The predicted molar refractivity (Wildman–Crippen MR) is 79.6 cm³/mol. The fraction of sp³-hybridized carbons (Fsp3) is 0.500. The minimum Gasteiger partial charge on any atom is -0.480 e. The Kier molecular flexibility index (Phi) is 5.33. The summed E-state index contributed by atoms with van der Waals surface area (Å²) >= 11 is 0. The number of rotatable bonds is 6. The van der Waals surface area contributed by atoms with Crippen LogP contribution in [0.2, 0.25) is 0 Å². The number of nitrogens with one attached hydrogen (secondary N) is 1. The number of carboxylic acid groups (broad SMARTS) is 1. The van der Waals surface area contributed by atoms with Gasteiger partial charge in [-0.25, -0.2) is 4.79 Å². The molecule has 1 aliphatic rings. The summed E-state index contributed by atoms with van der Waals surface area (Å²) in [5.41, 5.74) is 6.95. The lowest BCUT2D eigenvalue weighted by molar-refractivity contribution is -0.142. The molecule has 21 heavy (non-hydrogen) atoms. The van der Waals surface area contributed by atoms with Crippen molar-refractivity contribution in [3.8, 4) is 0 Å². The van der Waals surface area contributed by atoms with E-state index in [1.807, 2.05) is 30.3 Å². The van der Waals surface area contributed by atoms with E-state index in [9.17, 15) is 14.7 Å². The summed E-state index contributed by atoms with van der Waals surface area (Å²) in [5, 5.41) is 11.9. The van der Waals surface area contributed by atoms with Crippen LogP contribution in [0.3, 0.4) is 0 Å². The van der Waals surface area contributed by atoms with Crippen molar-refractivity contribution in [2.75, 3.05) is 0 Å². The third-order valence-corrected chi connectivity index (χ3v) is 4.09. The highest BCUT2D eigenvalue weighted by molar-refractivity contribution is 5.85. The number of aliphatic carboxylic acids is 1. The molecule has 3 atom stereocenters. The summed E-state index contributed by atoms with van der Waals surface area (Å²) in [4.78, 5) is 23.4. The molecule has 5 heteroatoms. The lowest BCUT2D eigenvalue weighted by Crippen LogP contribution is -2.46. The van der Waals surface area contributed by atoms with Crippen molar-refractivity contribution < 1.29 is 14.7 Å². The van der Waals surface area contributed by atoms with E-state index in [-0.39, 0.29) is 17.9 Å². The second kappa shape index (κ2) is 7.22. The maximum absolute atomic E-state index is 12.1. The van der Waals surface area contributed by atoms with Crippen LogP contribution >= 0.6 is 0 Å². The van der Waals surface area contributed by atoms with Gasteiger partial charge in [0.05, 0.1) is 5.92 Å². The second-order valence-electron chi connectivity index (χ2n) is 5.62. The van der Waals surface area contributed by atoms with Crippen LogP contribution in [0.4, 0.5) is 0 Å². The van der Waals surface area contributed by atoms with Crippen LogP contribution in [0.5, 0.6) is 0 Å². The van der Waals surface area contributed by atoms with Crippen molar-refractivity contribution in [3.63, 3.8) is 0 Å². The van der Waals surface area contributed by atoms with Crippen molar-refractivity contribution >= 4 is 11.9 Å². The van der Waals surface area contributed by atoms with Gasteiger partial charge in [0.2, 0.25) is 5.91 Å². The molecule has 0 aliphatic heterocycles. The molecule has 1 fully saturated rings. The molecule has 0 radical (unpaired) electrons. The van der Waals surface area contributed by atoms with Crippen molar-refractivity contribution in [1.29, 1.82) is 0 Å². The summed E-state index contributed by atoms with van der Waals surface area (Å²) in [7, 11) is 0. The summed E-state index contributed by atoms with van der Waals surface area (Å²) in [6.07, 6.45) is 3.51. The molecule has 2 rings (SSSR count). The SMILES string of the molecule is NC1CCCC1C(=O)NC(CCc1ccccc1)C(=O)O. The number of carboxylic acids is 1. The van der Waals surface area contributed by atoms with Crippen LogP contribution in [-0.4, -0.2) is 29.1 Å². The highest BCUT2D eigenvalue weighted by atomic mass is 16.4. The first-order chi connectivity index (χ1) is 10.1. The van der Waals surface area contributed by atoms with E-state index < -0.39 is 12.0 Å². The number of carbonyl (C=O) groups excluding carboxylic acids is 1. The molecule has 3 unspecified atom stereocenters. The van der Waals surface area contributed by atoms with E-state index >= 15 is 0 Å². The molecular weight excluding hydrogens is 268 g/mol. The van der Waals surface area contributed by atoms with Crippen LogP contribution in [0.15, 0.2) is 30.3 Å². The smallest absolute Gasteiger partial charge is 0.326 e. The zero-order valence-electron chi connectivity index (χ0n) is 12.0. The maximum Gasteiger partial charge on any atom is 0.326 e. The van der Waals surface area contributed by atoms with Gasteiger partial charge in [-0.1, -0.05) is 36.8 Å². The molecule has 5 nitrogen and oxygen atoms in total. The van der Waals surface area contributed by atoms with Gasteiger partial charge in [-0.3, -0.25) is 4.79 Å². The number of nitrogens with two attached hydrogens (primary N) is 1. The van der Waals surface area contributed by atoms with E-state index in [4.69, 9.17) is 5.73 Å². The molecule has 1 aromatic carbocycles. The Balaban J connectivity index is 1.90. The lowest BCUT2D eigenvalue weighted by atomic mass is 10.0. The van der Waals surface area contributed by atoms with E-state index in [0.29, 0.717) is 12.8 Å². The van der Waals surface area contributed by atoms with E-state index in [0.717, 1.165) is 24.8 Å². The first-order valence-electron chi connectivity index (χ1n) is 7.40. The number of amides is 1. The quantitative estimate of drug-likeness (QED) is 0.736. The molecule has 114 valence electrons. The normalized spacial score (nSPS) is 22.7. The molecule has 0 heterocycles. The summed E-state index contributed by atoms with van der Waals surface area (Å²) < 4.78 is 0. The van der Waals surface area contributed by atoms with Crippen LogP contribution in [0, 0.1) is 5.92 Å². The third kappa shape index (κ3) is 4.29. The number of carbonyl (C=O) groups is 2. The molecule has 1 aliphatic carbocycles. The Morgan fingerprint density at radius 1 is 1.29 bits per heavy atom. The van der Waals surface area contributed by atoms with Gasteiger partial charge in [0.25, 0.3) is 0 Å². The topological polar surface area (TPSA) is 92.4 Å². The summed E-state index contributed by atoms with van der Waals surface area (Å²) in [6.45, 7) is 0. The first kappa shape index (κ1) is 15.5. The Hall–Kier alpha value is -1.88. The predicted octanol–water partition coefficient (Wildman–Crippen LogP) is 1.32. The molecule has 0 aromatic heterocycles. The van der Waals surface area contributed by atoms with Gasteiger partial charge in [-0.15, -0.1) is 0 Å². The molecular formula is C16H22N2O3. The highest BCUT2D eigenvalue weighted by Crippen LogP contribution is 2.24. The number of hydrogen-bond acceptors (Lipinski definition) is 3. The van der Waals surface area contributed by atoms with Gasteiger partial charge in [-0.05, 0) is 31.2 Å². The molecule has 1 amide bonds. The maximum atomic E-state index is 12.1. The largest absolute Gasteiger partial charge is 0.480 e. The molecule has 4 N–H and O–H groups in total. The van der Waals surface area contributed by atoms with Crippen LogP contribution in [-0.2, 0) is 16.0 Å². The fourth-order valence-electron chi connectivity index (χ4n) is 2.81. The van der Waals surface area contributed by atoms with Gasteiger partial charge in [0, 0.05) is 6.04 Å². The van der Waals surface area contributed by atoms with Crippen molar-refractivity contribution in [1.82, 2.24) is 5.32 Å². The zero-order valence-corrected chi connectivity index (χ0v) is 12.0. The van der Waals surface area contributed by atoms with Gasteiger partial charge in [0.1, 0.15) is 6.04 Å². The molecule has 1 saturated carbocycles. The fourth-order valence-corrected chi connectivity index (χ4v) is 2.81. The van der Waals surface area contributed by atoms with Crippen LogP contribution < -0.4 is 11.1 Å². The average Bonchev–Trinajstić information content (AvgIpc) is 2.90. The minimum absolute atomic E-state index is 0.145. The van der Waals surface area contributed by atoms with Crippen molar-refractivity contribution in [3.05, 3.63) is 35.9 Å². The van der Waals surface area contributed by atoms with Gasteiger partial charge >= 0.3 is 5.97 Å². The standard InChI is InChI=1S/C16H22N2O3/c17-13-8-4-7-12(13)15(19)18-14(16(20)21)10-9-11-5-2-1-3-6-11/h1-3,5-6,12-14H,4,7-10,17H2,(H,18,19)(H,20,21). The Bertz CT molecular complexity index is 490. The molecule has 0 bridgehead atoms. The Morgan fingerprint density at radius 3 is 2.57 bits per heavy atom. The summed E-state index contributed by atoms with van der Waals surface area (Å²) in [6, 6.07) is 8.66. The molecule has 0 saturated heterocycles. The first-order valence-corrected chi connectivity index (χ1v) is 7.40. The van der Waals surface area contributed by atoms with Gasteiger partial charge in [-0.2, -0.15) is 0 Å². The number of aryl methyl sites for hydroxylation is 1. The van der Waals surface area contributed by atoms with Crippen molar-refractivity contribution in [2.24, 2.45) is 11.7 Å². The van der Waals surface area contributed by atoms with E-state index in [2.05, 4.69) is 5.32 Å². The van der Waals surface area contributed by atoms with E-state index in [1.54, 1.807) is 0 Å². The van der Waals surface area contributed by atoms with Crippen molar-refractivity contribution in [2.45, 2.75) is 44.2 Å². The van der Waals surface area contributed by atoms with Gasteiger partial charge in [0.15, 0.2) is 0 Å². The number of hydrogen-bond donors (Lipinski definition) is 3. The summed E-state index contributed by atoms with van der Waals surface area (Å²) in [5.74, 6) is -1.46. The third-order valence-electron chi connectivity index (χ3n) is 4.09. The minimum atomic E-state index is -0.995. The average molecular weight is 290 g/mol. The highest BCUT2D eigenvalue weighted by Gasteiger charge is 2.32.